The number of ether oxygens (including phenoxy) is 2. The SMILES string of the molecule is CCC(C)(OC)C(NN)C1CCOC1. The monoisotopic (exact) mass is 202 g/mol. The van der Waals surface area contributed by atoms with Crippen molar-refractivity contribution in [3.63, 3.8) is 0 Å². The Kier molecular flexibility index (Phi) is 4.31. The van der Waals surface area contributed by atoms with Gasteiger partial charge < -0.3 is 9.47 Å². The molecule has 1 fully saturated rings. The van der Waals surface area contributed by atoms with Gasteiger partial charge >= 0.3 is 0 Å². The highest BCUT2D eigenvalue weighted by Gasteiger charge is 2.39. The summed E-state index contributed by atoms with van der Waals surface area (Å²) in [6.07, 6.45) is 2.00. The van der Waals surface area contributed by atoms with Gasteiger partial charge in [-0.2, -0.15) is 0 Å². The lowest BCUT2D eigenvalue weighted by Crippen LogP contribution is -2.56. The Hall–Kier alpha value is -0.160. The van der Waals surface area contributed by atoms with Crippen molar-refractivity contribution in [2.75, 3.05) is 20.3 Å². The van der Waals surface area contributed by atoms with Gasteiger partial charge in [-0.15, -0.1) is 0 Å². The van der Waals surface area contributed by atoms with Gasteiger partial charge in [-0.3, -0.25) is 11.3 Å². The van der Waals surface area contributed by atoms with Gasteiger partial charge in [-0.1, -0.05) is 6.92 Å². The van der Waals surface area contributed by atoms with Gasteiger partial charge in [0.2, 0.25) is 0 Å². The molecule has 4 heteroatoms. The molecular formula is C10H22N2O2. The molecule has 0 aromatic rings. The Morgan fingerprint density at radius 2 is 2.43 bits per heavy atom. The molecule has 1 saturated heterocycles. The summed E-state index contributed by atoms with van der Waals surface area (Å²) in [6.45, 7) is 5.83. The number of methoxy groups -OCH3 is 1. The maximum absolute atomic E-state index is 5.60. The third-order valence-corrected chi connectivity index (χ3v) is 3.44. The van der Waals surface area contributed by atoms with Gasteiger partial charge in [0, 0.05) is 19.6 Å². The first kappa shape index (κ1) is 11.9. The standard InChI is InChI=1S/C10H22N2O2/c1-4-10(2,13-3)9(12-11)8-5-6-14-7-8/h8-9,12H,4-7,11H2,1-3H3. The second-order valence-corrected chi connectivity index (χ2v) is 4.14. The molecule has 1 rings (SSSR count). The Labute approximate surface area is 86.1 Å². The average molecular weight is 202 g/mol. The van der Waals surface area contributed by atoms with Crippen molar-refractivity contribution >= 4 is 0 Å². The summed E-state index contributed by atoms with van der Waals surface area (Å²) in [6, 6.07) is 0.167. The summed E-state index contributed by atoms with van der Waals surface area (Å²) in [7, 11) is 1.74. The summed E-state index contributed by atoms with van der Waals surface area (Å²) in [5.74, 6) is 6.07. The Bertz CT molecular complexity index is 166. The van der Waals surface area contributed by atoms with Crippen molar-refractivity contribution in [3.8, 4) is 0 Å². The van der Waals surface area contributed by atoms with Crippen LogP contribution < -0.4 is 11.3 Å². The predicted molar refractivity (Wildman–Crippen MR) is 55.7 cm³/mol. The highest BCUT2D eigenvalue weighted by atomic mass is 16.5. The Morgan fingerprint density at radius 3 is 2.79 bits per heavy atom. The van der Waals surface area contributed by atoms with E-state index in [4.69, 9.17) is 15.3 Å². The second kappa shape index (κ2) is 5.07. The first-order valence-electron chi connectivity index (χ1n) is 5.27. The summed E-state index contributed by atoms with van der Waals surface area (Å²) in [4.78, 5) is 0. The highest BCUT2D eigenvalue weighted by Crippen LogP contribution is 2.28. The van der Waals surface area contributed by atoms with E-state index in [2.05, 4.69) is 19.3 Å². The minimum atomic E-state index is -0.201. The zero-order valence-electron chi connectivity index (χ0n) is 9.38. The van der Waals surface area contributed by atoms with E-state index >= 15 is 0 Å². The van der Waals surface area contributed by atoms with E-state index in [1.165, 1.54) is 0 Å². The van der Waals surface area contributed by atoms with E-state index in [0.29, 0.717) is 5.92 Å². The van der Waals surface area contributed by atoms with Crippen molar-refractivity contribution in [1.29, 1.82) is 0 Å². The first-order chi connectivity index (χ1) is 6.68. The van der Waals surface area contributed by atoms with Crippen LogP contribution in [0.15, 0.2) is 0 Å². The molecule has 3 unspecified atom stereocenters. The van der Waals surface area contributed by atoms with Crippen molar-refractivity contribution in [2.24, 2.45) is 11.8 Å². The molecule has 0 amide bonds. The maximum Gasteiger partial charge on any atom is 0.0817 e. The normalized spacial score (nSPS) is 28.7. The number of rotatable bonds is 5. The van der Waals surface area contributed by atoms with Crippen LogP contribution in [-0.4, -0.2) is 32.0 Å². The quantitative estimate of drug-likeness (QED) is 0.508. The molecule has 3 N–H and O–H groups in total. The fraction of sp³-hybridized carbons (Fsp3) is 1.00. The van der Waals surface area contributed by atoms with Crippen molar-refractivity contribution in [1.82, 2.24) is 5.43 Å². The Balaban J connectivity index is 2.67. The predicted octanol–water partition coefficient (Wildman–Crippen LogP) is 0.670. The summed E-state index contributed by atoms with van der Waals surface area (Å²) < 4.78 is 10.9. The van der Waals surface area contributed by atoms with Crippen LogP contribution in [0.5, 0.6) is 0 Å². The molecule has 0 aromatic heterocycles. The van der Waals surface area contributed by atoms with Crippen LogP contribution in [0.4, 0.5) is 0 Å². The number of hydrazine groups is 1. The molecule has 1 aliphatic rings. The summed E-state index contributed by atoms with van der Waals surface area (Å²) in [5.41, 5.74) is 2.68. The van der Waals surface area contributed by atoms with Gasteiger partial charge in [0.1, 0.15) is 0 Å². The minimum Gasteiger partial charge on any atom is -0.381 e. The van der Waals surface area contributed by atoms with E-state index in [1.54, 1.807) is 7.11 Å². The van der Waals surface area contributed by atoms with Gasteiger partial charge in [0.25, 0.3) is 0 Å². The van der Waals surface area contributed by atoms with Crippen molar-refractivity contribution in [2.45, 2.75) is 38.3 Å². The van der Waals surface area contributed by atoms with Crippen LogP contribution in [0, 0.1) is 5.92 Å². The second-order valence-electron chi connectivity index (χ2n) is 4.14. The largest absolute Gasteiger partial charge is 0.381 e. The molecule has 3 atom stereocenters. The molecule has 1 aliphatic heterocycles. The Morgan fingerprint density at radius 1 is 1.71 bits per heavy atom. The van der Waals surface area contributed by atoms with E-state index in [1.807, 2.05) is 0 Å². The van der Waals surface area contributed by atoms with Crippen LogP contribution >= 0.6 is 0 Å². The lowest BCUT2D eigenvalue weighted by Gasteiger charge is -2.38. The van der Waals surface area contributed by atoms with Gasteiger partial charge in [-0.25, -0.2) is 0 Å². The molecule has 84 valence electrons. The topological polar surface area (TPSA) is 56.5 Å². The number of hydrogen-bond donors (Lipinski definition) is 2. The van der Waals surface area contributed by atoms with E-state index in [0.717, 1.165) is 26.1 Å². The lowest BCUT2D eigenvalue weighted by atomic mass is 9.83. The fourth-order valence-corrected chi connectivity index (χ4v) is 2.12. The van der Waals surface area contributed by atoms with E-state index in [-0.39, 0.29) is 11.6 Å². The molecule has 0 radical (unpaired) electrons. The van der Waals surface area contributed by atoms with Crippen LogP contribution in [0.25, 0.3) is 0 Å². The maximum atomic E-state index is 5.60. The van der Waals surface area contributed by atoms with Gasteiger partial charge in [-0.05, 0) is 19.8 Å². The third kappa shape index (κ3) is 2.25. The third-order valence-electron chi connectivity index (χ3n) is 3.44. The molecule has 0 aliphatic carbocycles. The van der Waals surface area contributed by atoms with Gasteiger partial charge in [0.15, 0.2) is 0 Å². The molecule has 0 saturated carbocycles. The molecule has 0 aromatic carbocycles. The van der Waals surface area contributed by atoms with Crippen LogP contribution in [0.1, 0.15) is 26.7 Å². The van der Waals surface area contributed by atoms with Crippen LogP contribution in [0.3, 0.4) is 0 Å². The fourth-order valence-electron chi connectivity index (χ4n) is 2.12. The molecule has 0 bridgehead atoms. The first-order valence-corrected chi connectivity index (χ1v) is 5.27. The molecular weight excluding hydrogens is 180 g/mol. The van der Waals surface area contributed by atoms with Crippen LogP contribution in [0.2, 0.25) is 0 Å². The highest BCUT2D eigenvalue weighted by molar-refractivity contribution is 4.93. The van der Waals surface area contributed by atoms with Gasteiger partial charge in [0.05, 0.1) is 18.2 Å². The number of nitrogens with two attached hydrogens (primary N) is 1. The zero-order chi connectivity index (χ0) is 10.6. The molecule has 4 nitrogen and oxygen atoms in total. The minimum absolute atomic E-state index is 0.167. The average Bonchev–Trinajstić information content (AvgIpc) is 2.72. The summed E-state index contributed by atoms with van der Waals surface area (Å²) in [5, 5.41) is 0. The molecule has 14 heavy (non-hydrogen) atoms. The number of hydrogen-bond acceptors (Lipinski definition) is 4. The zero-order valence-corrected chi connectivity index (χ0v) is 9.38. The van der Waals surface area contributed by atoms with E-state index < -0.39 is 0 Å². The smallest absolute Gasteiger partial charge is 0.0817 e. The number of nitrogens with one attached hydrogen (secondary N) is 1. The van der Waals surface area contributed by atoms with Crippen LogP contribution in [-0.2, 0) is 9.47 Å². The molecule has 1 heterocycles. The summed E-state index contributed by atoms with van der Waals surface area (Å²) >= 11 is 0. The van der Waals surface area contributed by atoms with E-state index in [9.17, 15) is 0 Å². The molecule has 0 spiro atoms. The van der Waals surface area contributed by atoms with Crippen molar-refractivity contribution < 1.29 is 9.47 Å². The van der Waals surface area contributed by atoms with Crippen molar-refractivity contribution in [3.05, 3.63) is 0 Å². The lowest BCUT2D eigenvalue weighted by molar-refractivity contribution is -0.0463.